The number of hydrogen-bond donors (Lipinski definition) is 1. The second kappa shape index (κ2) is 5.90. The third-order valence-electron chi connectivity index (χ3n) is 4.15. The molecule has 2 atom stereocenters. The molecule has 0 aliphatic heterocycles. The zero-order valence-electron chi connectivity index (χ0n) is 12.6. The lowest BCUT2D eigenvalue weighted by Gasteiger charge is -2.20. The molecule has 2 unspecified atom stereocenters. The average molecular weight is 282 g/mol. The third kappa shape index (κ3) is 2.96. The topological polar surface area (TPSA) is 29.5 Å². The summed E-state index contributed by atoms with van der Waals surface area (Å²) in [5.74, 6) is 1.06. The summed E-state index contributed by atoms with van der Waals surface area (Å²) in [5, 5.41) is 10.7. The molecule has 1 aliphatic rings. The average Bonchev–Trinajstić information content (AvgIpc) is 2.90. The molecule has 0 saturated heterocycles. The van der Waals surface area contributed by atoms with E-state index in [1.54, 1.807) is 0 Å². The molecule has 0 amide bonds. The van der Waals surface area contributed by atoms with Crippen molar-refractivity contribution >= 4 is 0 Å². The molecule has 2 aromatic carbocycles. The summed E-state index contributed by atoms with van der Waals surface area (Å²) in [5.41, 5.74) is 3.64. The Morgan fingerprint density at radius 2 is 1.76 bits per heavy atom. The molecule has 0 fully saturated rings. The predicted molar refractivity (Wildman–Crippen MR) is 84.7 cm³/mol. The molecule has 0 radical (unpaired) electrons. The van der Waals surface area contributed by atoms with Gasteiger partial charge in [0.15, 0.2) is 0 Å². The first-order valence-electron chi connectivity index (χ1n) is 7.67. The largest absolute Gasteiger partial charge is 0.491 e. The minimum atomic E-state index is -0.443. The van der Waals surface area contributed by atoms with Crippen LogP contribution in [0.2, 0.25) is 0 Å². The molecule has 0 bridgehead atoms. The van der Waals surface area contributed by atoms with Gasteiger partial charge in [0.25, 0.3) is 0 Å². The highest BCUT2D eigenvalue weighted by molar-refractivity contribution is 5.38. The van der Waals surface area contributed by atoms with Gasteiger partial charge in [0.2, 0.25) is 0 Å². The Morgan fingerprint density at radius 1 is 1.05 bits per heavy atom. The molecule has 2 aromatic rings. The molecule has 1 N–H and O–H groups in total. The van der Waals surface area contributed by atoms with Gasteiger partial charge in [-0.15, -0.1) is 0 Å². The fourth-order valence-electron chi connectivity index (χ4n) is 3.17. The van der Waals surface area contributed by atoms with Crippen LogP contribution >= 0.6 is 0 Å². The predicted octanol–water partition coefficient (Wildman–Crippen LogP) is 4.24. The Bertz CT molecular complexity index is 601. The molecule has 2 nitrogen and oxygen atoms in total. The zero-order chi connectivity index (χ0) is 14.8. The van der Waals surface area contributed by atoms with Gasteiger partial charge in [0, 0.05) is 5.92 Å². The number of fused-ring (bicyclic) bond motifs is 1. The first kappa shape index (κ1) is 14.2. The minimum Gasteiger partial charge on any atom is -0.491 e. The summed E-state index contributed by atoms with van der Waals surface area (Å²) >= 11 is 0. The van der Waals surface area contributed by atoms with Crippen LogP contribution in [0, 0.1) is 0 Å². The maximum Gasteiger partial charge on any atom is 0.119 e. The lowest BCUT2D eigenvalue weighted by molar-refractivity contribution is 0.144. The van der Waals surface area contributed by atoms with Gasteiger partial charge in [-0.1, -0.05) is 36.4 Å². The molecule has 0 aromatic heterocycles. The summed E-state index contributed by atoms with van der Waals surface area (Å²) in [6.45, 7) is 4.02. The molecule has 0 spiro atoms. The molecular weight excluding hydrogens is 260 g/mol. The number of hydrogen-bond acceptors (Lipinski definition) is 2. The zero-order valence-corrected chi connectivity index (χ0v) is 12.6. The first-order chi connectivity index (χ1) is 10.1. The van der Waals surface area contributed by atoms with Crippen LogP contribution in [0.1, 0.15) is 49.0 Å². The lowest BCUT2D eigenvalue weighted by Crippen LogP contribution is -2.09. The van der Waals surface area contributed by atoms with E-state index in [1.807, 2.05) is 38.1 Å². The summed E-state index contributed by atoms with van der Waals surface area (Å²) in [7, 11) is 0. The van der Waals surface area contributed by atoms with Crippen LogP contribution < -0.4 is 4.74 Å². The van der Waals surface area contributed by atoms with Crippen molar-refractivity contribution in [2.45, 2.75) is 44.8 Å². The Morgan fingerprint density at radius 3 is 2.48 bits per heavy atom. The standard InChI is InChI=1S/C19H22O2/c1-13(2)21-16-10-7-15(8-11-16)19(20)18-12-9-14-5-3-4-6-17(14)18/h3-8,10-11,13,18-20H,9,12H2,1-2H3. The lowest BCUT2D eigenvalue weighted by atomic mass is 9.90. The maximum absolute atomic E-state index is 10.7. The van der Waals surface area contributed by atoms with Gasteiger partial charge in [0.1, 0.15) is 5.75 Å². The van der Waals surface area contributed by atoms with E-state index in [0.29, 0.717) is 0 Å². The Kier molecular flexibility index (Phi) is 3.98. The van der Waals surface area contributed by atoms with Gasteiger partial charge in [-0.2, -0.15) is 0 Å². The van der Waals surface area contributed by atoms with Crippen molar-refractivity contribution in [3.8, 4) is 5.75 Å². The van der Waals surface area contributed by atoms with Gasteiger partial charge >= 0.3 is 0 Å². The fourth-order valence-corrected chi connectivity index (χ4v) is 3.17. The Labute approximate surface area is 126 Å². The second-order valence-electron chi connectivity index (χ2n) is 6.02. The van der Waals surface area contributed by atoms with Gasteiger partial charge in [-0.3, -0.25) is 0 Å². The van der Waals surface area contributed by atoms with Crippen LogP contribution in [0.3, 0.4) is 0 Å². The number of aliphatic hydroxyl groups excluding tert-OH is 1. The SMILES string of the molecule is CC(C)Oc1ccc(C(O)C2CCc3ccccc32)cc1. The van der Waals surface area contributed by atoms with Crippen LogP contribution in [0.25, 0.3) is 0 Å². The molecule has 3 rings (SSSR count). The summed E-state index contributed by atoms with van der Waals surface area (Å²) in [6.07, 6.45) is 1.81. The fraction of sp³-hybridized carbons (Fsp3) is 0.368. The quantitative estimate of drug-likeness (QED) is 0.909. The summed E-state index contributed by atoms with van der Waals surface area (Å²) in [6, 6.07) is 16.3. The van der Waals surface area contributed by atoms with Crippen molar-refractivity contribution in [1.29, 1.82) is 0 Å². The third-order valence-corrected chi connectivity index (χ3v) is 4.15. The molecule has 21 heavy (non-hydrogen) atoms. The minimum absolute atomic E-state index is 0.169. The highest BCUT2D eigenvalue weighted by Gasteiger charge is 2.29. The van der Waals surface area contributed by atoms with E-state index in [9.17, 15) is 5.11 Å². The van der Waals surface area contributed by atoms with Gasteiger partial charge in [0.05, 0.1) is 12.2 Å². The number of aliphatic hydroxyl groups is 1. The van der Waals surface area contributed by atoms with Crippen LogP contribution in [0.5, 0.6) is 5.75 Å². The van der Waals surface area contributed by atoms with Gasteiger partial charge in [-0.25, -0.2) is 0 Å². The molecular formula is C19H22O2. The molecule has 110 valence electrons. The van der Waals surface area contributed by atoms with E-state index in [0.717, 1.165) is 24.2 Å². The molecule has 1 aliphatic carbocycles. The van der Waals surface area contributed by atoms with Crippen LogP contribution in [-0.2, 0) is 6.42 Å². The highest BCUT2D eigenvalue weighted by atomic mass is 16.5. The van der Waals surface area contributed by atoms with E-state index in [2.05, 4.69) is 24.3 Å². The second-order valence-corrected chi connectivity index (χ2v) is 6.02. The van der Waals surface area contributed by atoms with Crippen molar-refractivity contribution < 1.29 is 9.84 Å². The first-order valence-corrected chi connectivity index (χ1v) is 7.67. The summed E-state index contributed by atoms with van der Waals surface area (Å²) in [4.78, 5) is 0. The number of benzene rings is 2. The number of aryl methyl sites for hydroxylation is 1. The molecule has 0 heterocycles. The van der Waals surface area contributed by atoms with Crippen LogP contribution in [0.15, 0.2) is 48.5 Å². The summed E-state index contributed by atoms with van der Waals surface area (Å²) < 4.78 is 5.65. The van der Waals surface area contributed by atoms with E-state index >= 15 is 0 Å². The number of rotatable bonds is 4. The van der Waals surface area contributed by atoms with Crippen molar-refractivity contribution in [3.63, 3.8) is 0 Å². The van der Waals surface area contributed by atoms with Crippen LogP contribution in [0.4, 0.5) is 0 Å². The molecule has 2 heteroatoms. The Hall–Kier alpha value is -1.80. The van der Waals surface area contributed by atoms with Gasteiger partial charge < -0.3 is 9.84 Å². The van der Waals surface area contributed by atoms with E-state index in [-0.39, 0.29) is 12.0 Å². The smallest absolute Gasteiger partial charge is 0.119 e. The Balaban J connectivity index is 1.78. The maximum atomic E-state index is 10.7. The van der Waals surface area contributed by atoms with Crippen molar-refractivity contribution in [2.24, 2.45) is 0 Å². The van der Waals surface area contributed by atoms with E-state index < -0.39 is 6.10 Å². The van der Waals surface area contributed by atoms with E-state index in [4.69, 9.17) is 4.74 Å². The van der Waals surface area contributed by atoms with E-state index in [1.165, 1.54) is 11.1 Å². The highest BCUT2D eigenvalue weighted by Crippen LogP contribution is 2.41. The monoisotopic (exact) mass is 282 g/mol. The normalized spacial score (nSPS) is 18.6. The molecule has 0 saturated carbocycles. The van der Waals surface area contributed by atoms with Crippen LogP contribution in [-0.4, -0.2) is 11.2 Å². The van der Waals surface area contributed by atoms with Crippen molar-refractivity contribution in [2.75, 3.05) is 0 Å². The van der Waals surface area contributed by atoms with Gasteiger partial charge in [-0.05, 0) is 55.5 Å². The van der Waals surface area contributed by atoms with Crippen molar-refractivity contribution in [3.05, 3.63) is 65.2 Å². The van der Waals surface area contributed by atoms with Crippen molar-refractivity contribution in [1.82, 2.24) is 0 Å². The number of ether oxygens (including phenoxy) is 1.